The quantitative estimate of drug-likeness (QED) is 0.191. The van der Waals surface area contributed by atoms with Gasteiger partial charge in [-0.2, -0.15) is 0 Å². The molecule has 53 heavy (non-hydrogen) atoms. The van der Waals surface area contributed by atoms with Gasteiger partial charge in [0, 0.05) is 27.9 Å². The summed E-state index contributed by atoms with van der Waals surface area (Å²) in [5, 5.41) is 27.7. The number of carbonyl (C=O) groups excluding carboxylic acids is 5. The molecule has 0 radical (unpaired) electrons. The van der Waals surface area contributed by atoms with Crippen molar-refractivity contribution < 1.29 is 43.7 Å². The second-order valence-electron chi connectivity index (χ2n) is 17.6. The number of aliphatic hydroxyl groups is 2. The summed E-state index contributed by atoms with van der Waals surface area (Å²) < 4.78 is 13.4. The zero-order valence-corrected chi connectivity index (χ0v) is 30.3. The molecule has 1 saturated heterocycles. The number of ether oxygens (including phenoxy) is 2. The van der Waals surface area contributed by atoms with E-state index in [2.05, 4.69) is 17.6 Å². The molecule has 1 heterocycles. The van der Waals surface area contributed by atoms with Crippen LogP contribution in [-0.4, -0.2) is 82.0 Å². The van der Waals surface area contributed by atoms with Crippen molar-refractivity contribution in [3.8, 4) is 0 Å². The molecule has 9 rings (SSSR count). The number of allylic oxidation sites excluding steroid dienone is 4. The van der Waals surface area contributed by atoms with Gasteiger partial charge in [-0.1, -0.05) is 49.8 Å². The minimum atomic E-state index is -1.41. The van der Waals surface area contributed by atoms with Crippen molar-refractivity contribution in [3.63, 3.8) is 0 Å². The second kappa shape index (κ2) is 12.4. The number of rotatable bonds is 11. The number of benzene rings is 1. The summed E-state index contributed by atoms with van der Waals surface area (Å²) in [6, 6.07) is 6.90. The van der Waals surface area contributed by atoms with Gasteiger partial charge in [-0.25, -0.2) is 0 Å². The number of ketones is 2. The van der Waals surface area contributed by atoms with Gasteiger partial charge in [0.2, 0.25) is 17.7 Å². The maximum atomic E-state index is 13.9. The third kappa shape index (κ3) is 5.40. The smallest absolute Gasteiger partial charge is 0.243 e. The van der Waals surface area contributed by atoms with Crippen LogP contribution in [-0.2, 0) is 39.9 Å². The summed E-state index contributed by atoms with van der Waals surface area (Å²) in [4.78, 5) is 62.3. The molecule has 1 aliphatic heterocycles. The van der Waals surface area contributed by atoms with E-state index in [0.717, 1.165) is 55.2 Å². The average Bonchev–Trinajstić information content (AvgIpc) is 3.59. The fourth-order valence-corrected chi connectivity index (χ4v) is 12.4. The van der Waals surface area contributed by atoms with E-state index >= 15 is 0 Å². The summed E-state index contributed by atoms with van der Waals surface area (Å²) in [6.45, 7) is 3.15. The van der Waals surface area contributed by atoms with Gasteiger partial charge in [-0.3, -0.25) is 24.0 Å². The number of Topliss-reactive ketones (excluding diaryl/α,β-unsaturated/α-hetero) is 1. The van der Waals surface area contributed by atoms with Gasteiger partial charge < -0.3 is 41.8 Å². The number of hydrogen-bond donors (Lipinski definition) is 6. The first kappa shape index (κ1) is 36.2. The molecule has 7 fully saturated rings. The second-order valence-corrected chi connectivity index (χ2v) is 17.6. The van der Waals surface area contributed by atoms with Gasteiger partial charge >= 0.3 is 0 Å². The van der Waals surface area contributed by atoms with Crippen molar-refractivity contribution in [2.45, 2.75) is 107 Å². The molecule has 2 bridgehead atoms. The molecule has 7 aliphatic carbocycles. The van der Waals surface area contributed by atoms with Crippen LogP contribution in [0.3, 0.4) is 0 Å². The molecule has 1 aromatic rings. The first-order valence-electron chi connectivity index (χ1n) is 18.9. The van der Waals surface area contributed by atoms with E-state index in [1.807, 2.05) is 37.3 Å². The van der Waals surface area contributed by atoms with Crippen LogP contribution in [0, 0.1) is 34.0 Å². The highest BCUT2D eigenvalue weighted by atomic mass is 16.7. The fourth-order valence-electron chi connectivity index (χ4n) is 12.4. The first-order chi connectivity index (χ1) is 25.1. The molecule has 0 unspecified atom stereocenters. The lowest BCUT2D eigenvalue weighted by molar-refractivity contribution is -0.201. The van der Waals surface area contributed by atoms with E-state index < -0.39 is 71.1 Å². The Balaban J connectivity index is 0.936. The lowest BCUT2D eigenvalue weighted by Gasteiger charge is -2.71. The molecule has 6 saturated carbocycles. The van der Waals surface area contributed by atoms with Crippen LogP contribution < -0.4 is 22.1 Å². The summed E-state index contributed by atoms with van der Waals surface area (Å²) in [5.41, 5.74) is 10.7. The number of carbonyl (C=O) groups is 5. The predicted octanol–water partition coefficient (Wildman–Crippen LogP) is 1.19. The third-order valence-electron chi connectivity index (χ3n) is 14.4. The Morgan fingerprint density at radius 2 is 1.81 bits per heavy atom. The standard InChI is InChI=1S/C40H50N4O9/c1-36-10-9-24(46)11-23(36)7-8-25-26-12-30-40(29(48)17-45,37(26,2)15-28(47)33(25)36)53-35(52-30)22-5-3-21(4-6-22)14-38-18-39(19-38,20-38)44-34(51)27(13-31(42)49)43-32(50)16-41/h3-6,9-11,25-28,30,33,35,45,47H,7-8,12-20,41H2,1-2H3,(H2,42,49)(H,43,50)(H,44,51)/t25-,26-,27-,28-,30+,33+,35+,36-,37-,38?,39?,40+/m0/s1. The van der Waals surface area contributed by atoms with Crippen molar-refractivity contribution in [2.75, 3.05) is 13.2 Å². The highest BCUT2D eigenvalue weighted by Crippen LogP contribution is 2.71. The summed E-state index contributed by atoms with van der Waals surface area (Å²) >= 11 is 0. The Hall–Kier alpha value is -3.75. The Labute approximate surface area is 308 Å². The number of aliphatic hydroxyl groups excluding tert-OH is 2. The molecular weight excluding hydrogens is 680 g/mol. The van der Waals surface area contributed by atoms with Gasteiger partial charge in [0.25, 0.3) is 0 Å². The van der Waals surface area contributed by atoms with Crippen LogP contribution in [0.15, 0.2) is 48.1 Å². The molecule has 0 aromatic heterocycles. The van der Waals surface area contributed by atoms with Crippen LogP contribution in [0.25, 0.3) is 0 Å². The SMILES string of the molecule is C[C@]12C=CC(=O)C=C1CC[C@@H]1[C@@H]2[C@@H](O)C[C@@]2(C)[C@H]1C[C@H]1O[C@@H](c3ccc(CC45CC(NC(=O)[C@H](CC(N)=O)NC(=O)CN)(C4)C5)cc3)O[C@]12C(=O)CO. The van der Waals surface area contributed by atoms with Crippen LogP contribution in [0.2, 0.25) is 0 Å². The van der Waals surface area contributed by atoms with Crippen molar-refractivity contribution in [2.24, 2.45) is 45.5 Å². The van der Waals surface area contributed by atoms with Gasteiger partial charge in [0.1, 0.15) is 12.6 Å². The van der Waals surface area contributed by atoms with E-state index in [1.54, 1.807) is 12.2 Å². The largest absolute Gasteiger partial charge is 0.393 e. The first-order valence-corrected chi connectivity index (χ1v) is 18.9. The van der Waals surface area contributed by atoms with Crippen LogP contribution in [0.4, 0.5) is 0 Å². The zero-order chi connectivity index (χ0) is 37.7. The lowest BCUT2D eigenvalue weighted by atomic mass is 9.38. The maximum absolute atomic E-state index is 13.9. The number of primary amides is 1. The van der Waals surface area contributed by atoms with Crippen molar-refractivity contribution in [3.05, 3.63) is 59.2 Å². The maximum Gasteiger partial charge on any atom is 0.243 e. The number of fused-ring (bicyclic) bond motifs is 7. The Morgan fingerprint density at radius 1 is 1.09 bits per heavy atom. The Kier molecular flexibility index (Phi) is 8.47. The lowest BCUT2D eigenvalue weighted by Crippen LogP contribution is -2.76. The minimum absolute atomic E-state index is 0.0176. The summed E-state index contributed by atoms with van der Waals surface area (Å²) in [6.07, 6.45) is 8.44. The molecule has 13 heteroatoms. The van der Waals surface area contributed by atoms with Crippen LogP contribution in [0.5, 0.6) is 0 Å². The van der Waals surface area contributed by atoms with E-state index in [9.17, 15) is 34.2 Å². The highest BCUT2D eigenvalue weighted by molar-refractivity contribution is 6.01. The molecule has 13 nitrogen and oxygen atoms in total. The monoisotopic (exact) mass is 730 g/mol. The van der Waals surface area contributed by atoms with Gasteiger partial charge in [-0.15, -0.1) is 0 Å². The number of nitrogens with one attached hydrogen (secondary N) is 2. The molecule has 284 valence electrons. The summed E-state index contributed by atoms with van der Waals surface area (Å²) in [7, 11) is 0. The highest BCUT2D eigenvalue weighted by Gasteiger charge is 2.76. The van der Waals surface area contributed by atoms with Crippen molar-refractivity contribution in [1.29, 1.82) is 0 Å². The average molecular weight is 731 g/mol. The van der Waals surface area contributed by atoms with Crippen LogP contribution in [0.1, 0.15) is 82.6 Å². The normalized spacial score (nSPS) is 42.1. The van der Waals surface area contributed by atoms with Crippen molar-refractivity contribution >= 4 is 29.3 Å². The van der Waals surface area contributed by atoms with Gasteiger partial charge in [-0.05, 0) is 86.3 Å². The molecule has 8 aliphatic rings. The van der Waals surface area contributed by atoms with E-state index in [1.165, 1.54) is 0 Å². The molecule has 0 spiro atoms. The van der Waals surface area contributed by atoms with E-state index in [-0.39, 0.29) is 47.5 Å². The number of nitrogens with two attached hydrogens (primary N) is 2. The number of hydrogen-bond acceptors (Lipinski definition) is 10. The number of amides is 3. The fraction of sp³-hybridized carbons (Fsp3) is 0.625. The van der Waals surface area contributed by atoms with Gasteiger partial charge in [0.15, 0.2) is 23.5 Å². The Bertz CT molecular complexity index is 1810. The molecule has 1 aromatic carbocycles. The zero-order valence-electron chi connectivity index (χ0n) is 30.3. The van der Waals surface area contributed by atoms with Gasteiger partial charge in [0.05, 0.1) is 25.2 Å². The predicted molar refractivity (Wildman–Crippen MR) is 189 cm³/mol. The third-order valence-corrected chi connectivity index (χ3v) is 14.4. The molecule has 8 N–H and O–H groups in total. The van der Waals surface area contributed by atoms with Crippen molar-refractivity contribution in [1.82, 2.24) is 10.6 Å². The molecule has 3 amide bonds. The molecular formula is C40H50N4O9. The summed E-state index contributed by atoms with van der Waals surface area (Å²) in [5.74, 6) is -2.12. The Morgan fingerprint density at radius 3 is 2.47 bits per heavy atom. The topological polar surface area (TPSA) is 220 Å². The van der Waals surface area contributed by atoms with Crippen LogP contribution >= 0.6 is 0 Å². The molecule has 10 atom stereocenters. The van der Waals surface area contributed by atoms with E-state index in [4.69, 9.17) is 20.9 Å². The van der Waals surface area contributed by atoms with E-state index in [0.29, 0.717) is 12.8 Å². The minimum Gasteiger partial charge on any atom is -0.393 e.